The highest BCUT2D eigenvalue weighted by Gasteiger charge is 2.35. The molecule has 0 aromatic carbocycles. The SMILES string of the molecule is CCNc1cc(SCc2ccco2)nc(C(F)(F)F)n1. The highest BCUT2D eigenvalue weighted by Crippen LogP contribution is 2.30. The normalized spacial score (nSPS) is 11.6. The Kier molecular flexibility index (Phi) is 4.53. The van der Waals surface area contributed by atoms with Crippen LogP contribution in [0.25, 0.3) is 0 Å². The predicted octanol–water partition coefficient (Wildman–Crippen LogP) is 3.81. The molecule has 2 aromatic heterocycles. The van der Waals surface area contributed by atoms with Gasteiger partial charge in [-0.15, -0.1) is 0 Å². The lowest BCUT2D eigenvalue weighted by molar-refractivity contribution is -0.145. The van der Waals surface area contributed by atoms with Crippen LogP contribution in [-0.4, -0.2) is 16.5 Å². The molecule has 0 saturated heterocycles. The van der Waals surface area contributed by atoms with Crippen LogP contribution in [0.5, 0.6) is 0 Å². The fraction of sp³-hybridized carbons (Fsp3) is 0.333. The smallest absolute Gasteiger partial charge is 0.451 e. The number of anilines is 1. The molecule has 0 aliphatic carbocycles. The van der Waals surface area contributed by atoms with E-state index in [1.165, 1.54) is 12.3 Å². The van der Waals surface area contributed by atoms with Crippen LogP contribution in [0, 0.1) is 0 Å². The van der Waals surface area contributed by atoms with Crippen LogP contribution in [0.3, 0.4) is 0 Å². The Bertz CT molecular complexity index is 558. The van der Waals surface area contributed by atoms with E-state index in [9.17, 15) is 13.2 Å². The Morgan fingerprint density at radius 3 is 2.75 bits per heavy atom. The molecule has 108 valence electrons. The van der Waals surface area contributed by atoms with Gasteiger partial charge in [0.15, 0.2) is 0 Å². The molecule has 0 amide bonds. The van der Waals surface area contributed by atoms with E-state index in [1.807, 2.05) is 0 Å². The maximum absolute atomic E-state index is 12.7. The fourth-order valence-electron chi connectivity index (χ4n) is 1.44. The highest BCUT2D eigenvalue weighted by molar-refractivity contribution is 7.98. The van der Waals surface area contributed by atoms with Crippen LogP contribution in [0.4, 0.5) is 19.0 Å². The average molecular weight is 303 g/mol. The van der Waals surface area contributed by atoms with Gasteiger partial charge < -0.3 is 9.73 Å². The Labute approximate surface area is 117 Å². The molecule has 0 saturated carbocycles. The standard InChI is InChI=1S/C12H12F3N3OS/c1-2-16-9-6-10(18-11(17-9)12(13,14)15)20-7-8-4-3-5-19-8/h3-6H,2,7H2,1H3,(H,16,17,18). The van der Waals surface area contributed by atoms with Crippen molar-refractivity contribution in [3.05, 3.63) is 36.0 Å². The van der Waals surface area contributed by atoms with Crippen molar-refractivity contribution in [2.75, 3.05) is 11.9 Å². The average Bonchev–Trinajstić information content (AvgIpc) is 2.88. The van der Waals surface area contributed by atoms with Gasteiger partial charge in [0.05, 0.1) is 12.0 Å². The van der Waals surface area contributed by atoms with Gasteiger partial charge in [-0.1, -0.05) is 11.8 Å². The molecule has 2 heterocycles. The summed E-state index contributed by atoms with van der Waals surface area (Å²) in [5.41, 5.74) is 0. The second-order valence-electron chi connectivity index (χ2n) is 3.81. The lowest BCUT2D eigenvalue weighted by Crippen LogP contribution is -2.13. The largest absolute Gasteiger partial charge is 0.468 e. The third-order valence-corrected chi connectivity index (χ3v) is 3.19. The van der Waals surface area contributed by atoms with Gasteiger partial charge in [0, 0.05) is 12.6 Å². The molecule has 0 unspecified atom stereocenters. The van der Waals surface area contributed by atoms with Crippen LogP contribution < -0.4 is 5.32 Å². The number of aromatic nitrogens is 2. The highest BCUT2D eigenvalue weighted by atomic mass is 32.2. The summed E-state index contributed by atoms with van der Waals surface area (Å²) in [6, 6.07) is 4.97. The first-order valence-electron chi connectivity index (χ1n) is 5.84. The molecular weight excluding hydrogens is 291 g/mol. The molecule has 0 fully saturated rings. The van der Waals surface area contributed by atoms with Gasteiger partial charge in [-0.25, -0.2) is 9.97 Å². The first-order valence-corrected chi connectivity index (χ1v) is 6.83. The van der Waals surface area contributed by atoms with Gasteiger partial charge in [0.25, 0.3) is 0 Å². The van der Waals surface area contributed by atoms with E-state index in [0.717, 1.165) is 11.8 Å². The third kappa shape index (κ3) is 3.89. The summed E-state index contributed by atoms with van der Waals surface area (Å²) in [7, 11) is 0. The molecule has 0 aliphatic rings. The number of hydrogen-bond donors (Lipinski definition) is 1. The Hall–Kier alpha value is -1.70. The number of rotatable bonds is 5. The second-order valence-corrected chi connectivity index (χ2v) is 4.81. The zero-order chi connectivity index (χ0) is 14.6. The fourth-order valence-corrected chi connectivity index (χ4v) is 2.24. The third-order valence-electron chi connectivity index (χ3n) is 2.26. The van der Waals surface area contributed by atoms with Crippen molar-refractivity contribution in [1.82, 2.24) is 9.97 Å². The molecule has 0 bridgehead atoms. The van der Waals surface area contributed by atoms with E-state index < -0.39 is 12.0 Å². The summed E-state index contributed by atoms with van der Waals surface area (Å²) in [4.78, 5) is 6.99. The first kappa shape index (κ1) is 14.7. The number of thioether (sulfide) groups is 1. The number of alkyl halides is 3. The summed E-state index contributed by atoms with van der Waals surface area (Å²) in [6.07, 6.45) is -3.05. The monoisotopic (exact) mass is 303 g/mol. The summed E-state index contributed by atoms with van der Waals surface area (Å²) in [5.74, 6) is 0.106. The number of hydrogen-bond acceptors (Lipinski definition) is 5. The Balaban J connectivity index is 2.20. The molecule has 20 heavy (non-hydrogen) atoms. The maximum atomic E-state index is 12.7. The van der Waals surface area contributed by atoms with Gasteiger partial charge in [0.2, 0.25) is 5.82 Å². The van der Waals surface area contributed by atoms with E-state index in [0.29, 0.717) is 18.1 Å². The van der Waals surface area contributed by atoms with Crippen molar-refractivity contribution in [1.29, 1.82) is 0 Å². The van der Waals surface area contributed by atoms with Gasteiger partial charge in [-0.3, -0.25) is 0 Å². The lowest BCUT2D eigenvalue weighted by atomic mass is 10.5. The molecule has 8 heteroatoms. The van der Waals surface area contributed by atoms with Gasteiger partial charge in [-0.05, 0) is 19.1 Å². The van der Waals surface area contributed by atoms with Crippen LogP contribution in [0.2, 0.25) is 0 Å². The van der Waals surface area contributed by atoms with Crippen LogP contribution >= 0.6 is 11.8 Å². The van der Waals surface area contributed by atoms with Gasteiger partial charge in [-0.2, -0.15) is 13.2 Å². The van der Waals surface area contributed by atoms with Crippen molar-refractivity contribution in [2.45, 2.75) is 23.9 Å². The molecule has 0 radical (unpaired) electrons. The van der Waals surface area contributed by atoms with Crippen molar-refractivity contribution in [3.63, 3.8) is 0 Å². The summed E-state index contributed by atoms with van der Waals surface area (Å²) in [5, 5.41) is 3.02. The number of nitrogens with one attached hydrogen (secondary N) is 1. The van der Waals surface area contributed by atoms with E-state index in [4.69, 9.17) is 4.42 Å². The van der Waals surface area contributed by atoms with Crippen molar-refractivity contribution in [3.8, 4) is 0 Å². The van der Waals surface area contributed by atoms with E-state index in [-0.39, 0.29) is 10.8 Å². The Morgan fingerprint density at radius 2 is 2.15 bits per heavy atom. The summed E-state index contributed by atoms with van der Waals surface area (Å²) >= 11 is 1.16. The van der Waals surface area contributed by atoms with E-state index >= 15 is 0 Å². The van der Waals surface area contributed by atoms with Gasteiger partial charge in [0.1, 0.15) is 16.6 Å². The molecular formula is C12H12F3N3OS. The number of furan rings is 1. The quantitative estimate of drug-likeness (QED) is 0.672. The molecule has 0 aliphatic heterocycles. The summed E-state index contributed by atoms with van der Waals surface area (Å²) < 4.78 is 43.3. The van der Waals surface area contributed by atoms with Crippen molar-refractivity contribution < 1.29 is 17.6 Å². The van der Waals surface area contributed by atoms with Crippen LogP contribution in [0.1, 0.15) is 18.5 Å². The number of nitrogens with zero attached hydrogens (tertiary/aromatic N) is 2. The zero-order valence-electron chi connectivity index (χ0n) is 10.6. The van der Waals surface area contributed by atoms with Crippen molar-refractivity contribution in [2.24, 2.45) is 0 Å². The number of halogens is 3. The van der Waals surface area contributed by atoms with Crippen LogP contribution in [0.15, 0.2) is 33.9 Å². The minimum absolute atomic E-state index is 0.164. The molecule has 1 N–H and O–H groups in total. The lowest BCUT2D eigenvalue weighted by Gasteiger charge is -2.10. The van der Waals surface area contributed by atoms with E-state index in [1.54, 1.807) is 19.1 Å². The van der Waals surface area contributed by atoms with Gasteiger partial charge >= 0.3 is 6.18 Å². The van der Waals surface area contributed by atoms with Crippen molar-refractivity contribution >= 4 is 17.6 Å². The molecule has 0 atom stereocenters. The molecule has 4 nitrogen and oxygen atoms in total. The first-order chi connectivity index (χ1) is 9.49. The predicted molar refractivity (Wildman–Crippen MR) is 69.5 cm³/mol. The molecule has 0 spiro atoms. The van der Waals surface area contributed by atoms with Crippen LogP contribution in [-0.2, 0) is 11.9 Å². The Morgan fingerprint density at radius 1 is 1.35 bits per heavy atom. The van der Waals surface area contributed by atoms with E-state index in [2.05, 4.69) is 15.3 Å². The molecule has 2 rings (SSSR count). The molecule has 2 aromatic rings. The maximum Gasteiger partial charge on any atom is 0.451 e. The zero-order valence-corrected chi connectivity index (χ0v) is 11.4. The minimum Gasteiger partial charge on any atom is -0.468 e. The minimum atomic E-state index is -4.56. The topological polar surface area (TPSA) is 51.0 Å². The second kappa shape index (κ2) is 6.17. The summed E-state index contributed by atoms with van der Waals surface area (Å²) in [6.45, 7) is 2.27.